The van der Waals surface area contributed by atoms with Crippen molar-refractivity contribution in [2.75, 3.05) is 26.7 Å². The smallest absolute Gasteiger partial charge is 0.251 e. The van der Waals surface area contributed by atoms with Gasteiger partial charge in [-0.15, -0.1) is 0 Å². The quantitative estimate of drug-likeness (QED) is 0.497. The Morgan fingerprint density at radius 1 is 1.18 bits per heavy atom. The molecular weight excluding hydrogens is 424 g/mol. The van der Waals surface area contributed by atoms with Gasteiger partial charge in [0.15, 0.2) is 0 Å². The van der Waals surface area contributed by atoms with E-state index in [1.807, 2.05) is 30.3 Å². The number of amides is 1. The number of aromatic nitrogens is 2. The van der Waals surface area contributed by atoms with Crippen molar-refractivity contribution in [1.82, 2.24) is 20.4 Å². The molecule has 1 amide bonds. The van der Waals surface area contributed by atoms with Crippen LogP contribution in [0, 0.1) is 0 Å². The van der Waals surface area contributed by atoms with Crippen LogP contribution in [0.5, 0.6) is 5.75 Å². The number of likely N-dealkylation sites (tertiary alicyclic amines) is 1. The van der Waals surface area contributed by atoms with Crippen LogP contribution in [0.1, 0.15) is 54.1 Å². The molecule has 2 aromatic carbocycles. The Kier molecular flexibility index (Phi) is 6.68. The normalized spacial score (nSPS) is 17.6. The van der Waals surface area contributed by atoms with E-state index in [2.05, 4.69) is 39.5 Å². The summed E-state index contributed by atoms with van der Waals surface area (Å²) in [5, 5.41) is 11.0. The van der Waals surface area contributed by atoms with Gasteiger partial charge in [-0.1, -0.05) is 18.6 Å². The maximum atomic E-state index is 12.6. The van der Waals surface area contributed by atoms with Crippen LogP contribution in [-0.2, 0) is 12.8 Å². The van der Waals surface area contributed by atoms with Crippen molar-refractivity contribution >= 4 is 5.91 Å². The summed E-state index contributed by atoms with van der Waals surface area (Å²) in [5.41, 5.74) is 7.49. The molecule has 1 saturated heterocycles. The lowest BCUT2D eigenvalue weighted by molar-refractivity contribution is 0.0949. The molecule has 2 aliphatic rings. The number of rotatable bonds is 7. The molecule has 6 heteroatoms. The molecule has 6 nitrogen and oxygen atoms in total. The minimum absolute atomic E-state index is 0.00910. The molecular formula is C28H34N4O2. The van der Waals surface area contributed by atoms with E-state index < -0.39 is 0 Å². The van der Waals surface area contributed by atoms with Crippen molar-refractivity contribution in [3.05, 3.63) is 59.2 Å². The summed E-state index contributed by atoms with van der Waals surface area (Å²) in [6.45, 7) is 5.26. The van der Waals surface area contributed by atoms with Gasteiger partial charge < -0.3 is 15.0 Å². The van der Waals surface area contributed by atoms with Crippen LogP contribution in [0.3, 0.4) is 0 Å². The van der Waals surface area contributed by atoms with Crippen LogP contribution in [0.4, 0.5) is 0 Å². The van der Waals surface area contributed by atoms with Crippen LogP contribution < -0.4 is 10.1 Å². The molecule has 5 rings (SSSR count). The first-order chi connectivity index (χ1) is 16.6. The van der Waals surface area contributed by atoms with Crippen LogP contribution in [-0.4, -0.2) is 53.8 Å². The zero-order valence-corrected chi connectivity index (χ0v) is 20.2. The van der Waals surface area contributed by atoms with Crippen LogP contribution in [0.25, 0.3) is 22.5 Å². The molecule has 178 valence electrons. The Labute approximate surface area is 201 Å². The molecule has 3 aromatic rings. The molecule has 0 bridgehead atoms. The number of hydrogen-bond donors (Lipinski definition) is 2. The lowest BCUT2D eigenvalue weighted by Crippen LogP contribution is -2.39. The predicted molar refractivity (Wildman–Crippen MR) is 135 cm³/mol. The number of aryl methyl sites for hydroxylation is 1. The summed E-state index contributed by atoms with van der Waals surface area (Å²) < 4.78 is 5.38. The van der Waals surface area contributed by atoms with Crippen molar-refractivity contribution in [3.63, 3.8) is 0 Å². The van der Waals surface area contributed by atoms with E-state index in [-0.39, 0.29) is 5.91 Å². The fourth-order valence-electron chi connectivity index (χ4n) is 5.33. The van der Waals surface area contributed by atoms with Gasteiger partial charge in [0.25, 0.3) is 5.91 Å². The van der Waals surface area contributed by atoms with Gasteiger partial charge in [0, 0.05) is 41.4 Å². The zero-order chi connectivity index (χ0) is 23.5. The minimum atomic E-state index is -0.00910. The summed E-state index contributed by atoms with van der Waals surface area (Å²) >= 11 is 0. The molecule has 34 heavy (non-hydrogen) atoms. The van der Waals surface area contributed by atoms with Gasteiger partial charge in [0.1, 0.15) is 5.75 Å². The summed E-state index contributed by atoms with van der Waals surface area (Å²) in [7, 11) is 1.70. The first-order valence-electron chi connectivity index (χ1n) is 12.5. The molecule has 0 saturated carbocycles. The standard InChI is InChI=1S/C28H34N4O2/c1-19-6-3-4-16-32(19)17-5-15-29-28(33)21-9-7-20(8-10-21)26-25-13-11-22-18-23(34-2)12-14-24(22)27(25)31-30-26/h7-10,12,14,18-19H,3-6,11,13,15-17H2,1-2H3,(H,29,33)(H,30,31)/t19-/m0/s1. The van der Waals surface area contributed by atoms with E-state index in [0.29, 0.717) is 18.2 Å². The number of fused-ring (bicyclic) bond motifs is 3. The van der Waals surface area contributed by atoms with Crippen LogP contribution in [0.2, 0.25) is 0 Å². The van der Waals surface area contributed by atoms with Crippen LogP contribution >= 0.6 is 0 Å². The van der Waals surface area contributed by atoms with Gasteiger partial charge in [0.05, 0.1) is 18.5 Å². The molecule has 0 spiro atoms. The maximum Gasteiger partial charge on any atom is 0.251 e. The predicted octanol–water partition coefficient (Wildman–Crippen LogP) is 4.85. The molecule has 0 radical (unpaired) electrons. The lowest BCUT2D eigenvalue weighted by Gasteiger charge is -2.33. The fourth-order valence-corrected chi connectivity index (χ4v) is 5.33. The molecule has 1 aromatic heterocycles. The highest BCUT2D eigenvalue weighted by molar-refractivity contribution is 5.94. The van der Waals surface area contributed by atoms with E-state index in [9.17, 15) is 4.79 Å². The Morgan fingerprint density at radius 2 is 2.03 bits per heavy atom. The average Bonchev–Trinajstić information content (AvgIpc) is 3.32. The summed E-state index contributed by atoms with van der Waals surface area (Å²) in [5.74, 6) is 0.877. The number of carbonyl (C=O) groups is 1. The SMILES string of the molecule is COc1ccc2c(c1)CCc1c(-c3ccc(C(=O)NCCCN4CCCC[C@@H]4C)cc3)n[nH]c1-2. The molecule has 1 atom stereocenters. The molecule has 2 heterocycles. The Hall–Kier alpha value is -3.12. The third-order valence-electron chi connectivity index (χ3n) is 7.36. The van der Waals surface area contributed by atoms with Crippen molar-refractivity contribution in [2.24, 2.45) is 0 Å². The number of H-pyrrole nitrogens is 1. The molecule has 2 N–H and O–H groups in total. The van der Waals surface area contributed by atoms with Gasteiger partial charge >= 0.3 is 0 Å². The van der Waals surface area contributed by atoms with E-state index in [1.54, 1.807) is 7.11 Å². The van der Waals surface area contributed by atoms with Crippen LogP contribution in [0.15, 0.2) is 42.5 Å². The van der Waals surface area contributed by atoms with E-state index in [0.717, 1.165) is 48.5 Å². The number of ether oxygens (including phenoxy) is 1. The highest BCUT2D eigenvalue weighted by Crippen LogP contribution is 2.38. The number of nitrogens with one attached hydrogen (secondary N) is 2. The monoisotopic (exact) mass is 458 g/mol. The number of piperidine rings is 1. The van der Waals surface area contributed by atoms with E-state index in [4.69, 9.17) is 4.74 Å². The third-order valence-corrected chi connectivity index (χ3v) is 7.36. The summed E-state index contributed by atoms with van der Waals surface area (Å²) in [4.78, 5) is 15.2. The highest BCUT2D eigenvalue weighted by atomic mass is 16.5. The number of aromatic amines is 1. The first-order valence-corrected chi connectivity index (χ1v) is 12.5. The Bertz CT molecular complexity index is 1150. The van der Waals surface area contributed by atoms with E-state index >= 15 is 0 Å². The van der Waals surface area contributed by atoms with Gasteiger partial charge in [-0.25, -0.2) is 0 Å². The first kappa shape index (κ1) is 22.7. The van der Waals surface area contributed by atoms with Crippen molar-refractivity contribution in [3.8, 4) is 28.3 Å². The van der Waals surface area contributed by atoms with Crippen molar-refractivity contribution in [2.45, 2.75) is 51.5 Å². The lowest BCUT2D eigenvalue weighted by atomic mass is 9.87. The molecule has 1 aliphatic heterocycles. The Balaban J connectivity index is 1.21. The number of hydrogen-bond acceptors (Lipinski definition) is 4. The second-order valence-corrected chi connectivity index (χ2v) is 9.52. The van der Waals surface area contributed by atoms with Gasteiger partial charge in [-0.2, -0.15) is 5.10 Å². The van der Waals surface area contributed by atoms with Gasteiger partial charge in [0.2, 0.25) is 0 Å². The van der Waals surface area contributed by atoms with Crippen molar-refractivity contribution < 1.29 is 9.53 Å². The second-order valence-electron chi connectivity index (χ2n) is 9.52. The highest BCUT2D eigenvalue weighted by Gasteiger charge is 2.23. The van der Waals surface area contributed by atoms with Gasteiger partial charge in [-0.3, -0.25) is 9.89 Å². The summed E-state index contributed by atoms with van der Waals surface area (Å²) in [6, 6.07) is 14.7. The second kappa shape index (κ2) is 10.0. The number of benzene rings is 2. The maximum absolute atomic E-state index is 12.6. The van der Waals surface area contributed by atoms with Crippen molar-refractivity contribution in [1.29, 1.82) is 0 Å². The minimum Gasteiger partial charge on any atom is -0.497 e. The fraction of sp³-hybridized carbons (Fsp3) is 0.429. The molecule has 0 unspecified atom stereocenters. The summed E-state index contributed by atoms with van der Waals surface area (Å²) in [6.07, 6.45) is 6.81. The topological polar surface area (TPSA) is 70.2 Å². The van der Waals surface area contributed by atoms with E-state index in [1.165, 1.54) is 42.5 Å². The number of methoxy groups -OCH3 is 1. The largest absolute Gasteiger partial charge is 0.497 e. The molecule has 1 aliphatic carbocycles. The molecule has 1 fully saturated rings. The number of nitrogens with zero attached hydrogens (tertiary/aromatic N) is 2. The Morgan fingerprint density at radius 3 is 2.82 bits per heavy atom. The third kappa shape index (κ3) is 4.60. The number of carbonyl (C=O) groups excluding carboxylic acids is 1. The average molecular weight is 459 g/mol. The van der Waals surface area contributed by atoms with Gasteiger partial charge in [-0.05, 0) is 81.5 Å². The zero-order valence-electron chi connectivity index (χ0n) is 20.2.